The van der Waals surface area contributed by atoms with Crippen LogP contribution in [0.15, 0.2) is 0 Å². The molecule has 0 unspecified atom stereocenters. The first-order valence-corrected chi connectivity index (χ1v) is 6.23. The van der Waals surface area contributed by atoms with Crippen LogP contribution in [0.5, 0.6) is 0 Å². The molecule has 1 rings (SSSR count). The summed E-state index contributed by atoms with van der Waals surface area (Å²) in [7, 11) is 0. The first-order valence-electron chi connectivity index (χ1n) is 5.42. The Bertz CT molecular complexity index is 294. The van der Waals surface area contributed by atoms with E-state index in [9.17, 15) is 0 Å². The van der Waals surface area contributed by atoms with Gasteiger partial charge in [0, 0.05) is 4.88 Å². The van der Waals surface area contributed by atoms with Crippen LogP contribution in [0.1, 0.15) is 56.1 Å². The maximum absolute atomic E-state index is 4.63. The summed E-state index contributed by atoms with van der Waals surface area (Å²) in [6.07, 6.45) is 3.66. The lowest BCUT2D eigenvalue weighted by Crippen LogP contribution is -2.10. The van der Waals surface area contributed by atoms with Crippen molar-refractivity contribution in [3.8, 4) is 0 Å². The van der Waals surface area contributed by atoms with Gasteiger partial charge in [-0.15, -0.1) is 11.3 Å². The van der Waals surface area contributed by atoms with E-state index in [-0.39, 0.29) is 5.41 Å². The highest BCUT2D eigenvalue weighted by molar-refractivity contribution is 7.11. The average Bonchev–Trinajstić information content (AvgIpc) is 2.42. The molecular weight excluding hydrogens is 190 g/mol. The van der Waals surface area contributed by atoms with Crippen LogP contribution in [0.25, 0.3) is 0 Å². The molecular formula is C12H21NS. The molecule has 0 N–H and O–H groups in total. The van der Waals surface area contributed by atoms with E-state index < -0.39 is 0 Å². The van der Waals surface area contributed by atoms with E-state index in [4.69, 9.17) is 0 Å². The largest absolute Gasteiger partial charge is 0.246 e. The fourth-order valence-electron chi connectivity index (χ4n) is 1.58. The van der Waals surface area contributed by atoms with Crippen molar-refractivity contribution < 1.29 is 0 Å². The molecule has 0 saturated heterocycles. The minimum absolute atomic E-state index is 0.256. The maximum atomic E-state index is 4.63. The van der Waals surface area contributed by atoms with Gasteiger partial charge < -0.3 is 0 Å². The third kappa shape index (κ3) is 2.81. The minimum Gasteiger partial charge on any atom is -0.246 e. The number of aromatic nitrogens is 1. The number of rotatable bonds is 3. The third-order valence-electron chi connectivity index (χ3n) is 2.27. The third-order valence-corrected chi connectivity index (χ3v) is 3.91. The Hall–Kier alpha value is -0.370. The maximum Gasteiger partial charge on any atom is 0.0931 e. The van der Waals surface area contributed by atoms with E-state index in [1.807, 2.05) is 11.3 Å². The van der Waals surface area contributed by atoms with Crippen LogP contribution in [0, 0.1) is 6.92 Å². The first-order chi connectivity index (χ1) is 6.45. The summed E-state index contributed by atoms with van der Waals surface area (Å²) >= 11 is 1.90. The van der Waals surface area contributed by atoms with Crippen LogP contribution in [0.3, 0.4) is 0 Å². The molecule has 0 bridgehead atoms. The molecule has 0 amide bonds. The summed E-state index contributed by atoms with van der Waals surface area (Å²) < 4.78 is 0. The SMILES string of the molecule is CCCCc1nc(C)c(C(C)(C)C)s1. The Morgan fingerprint density at radius 2 is 1.93 bits per heavy atom. The molecule has 0 saturated carbocycles. The van der Waals surface area contributed by atoms with Crippen molar-refractivity contribution in [2.75, 3.05) is 0 Å². The summed E-state index contributed by atoms with van der Waals surface area (Å²) in [6, 6.07) is 0. The highest BCUT2D eigenvalue weighted by Gasteiger charge is 2.20. The fourth-order valence-corrected chi connectivity index (χ4v) is 2.75. The van der Waals surface area contributed by atoms with Crippen LogP contribution in [0.2, 0.25) is 0 Å². The van der Waals surface area contributed by atoms with Crippen LogP contribution in [-0.2, 0) is 11.8 Å². The number of aryl methyl sites for hydroxylation is 2. The molecule has 14 heavy (non-hydrogen) atoms. The molecule has 0 spiro atoms. The summed E-state index contributed by atoms with van der Waals surface area (Å²) in [5.41, 5.74) is 1.49. The van der Waals surface area contributed by atoms with Gasteiger partial charge in [0.15, 0.2) is 0 Å². The molecule has 2 heteroatoms. The second-order valence-corrected chi connectivity index (χ2v) is 5.96. The van der Waals surface area contributed by atoms with Crippen molar-refractivity contribution >= 4 is 11.3 Å². The van der Waals surface area contributed by atoms with E-state index in [1.165, 1.54) is 28.4 Å². The van der Waals surface area contributed by atoms with Gasteiger partial charge in [-0.05, 0) is 25.2 Å². The predicted molar refractivity (Wildman–Crippen MR) is 64.2 cm³/mol. The van der Waals surface area contributed by atoms with Gasteiger partial charge in [0.05, 0.1) is 10.7 Å². The van der Waals surface area contributed by atoms with Gasteiger partial charge in [-0.1, -0.05) is 34.1 Å². The topological polar surface area (TPSA) is 12.9 Å². The van der Waals surface area contributed by atoms with Crippen LogP contribution < -0.4 is 0 Å². The lowest BCUT2D eigenvalue weighted by Gasteiger charge is -2.16. The average molecular weight is 211 g/mol. The summed E-state index contributed by atoms with van der Waals surface area (Å²) in [6.45, 7) is 11.1. The molecule has 0 aromatic carbocycles. The monoisotopic (exact) mass is 211 g/mol. The molecule has 1 aromatic heterocycles. The number of unbranched alkanes of at least 4 members (excludes halogenated alkanes) is 1. The van der Waals surface area contributed by atoms with E-state index in [2.05, 4.69) is 39.6 Å². The van der Waals surface area contributed by atoms with Gasteiger partial charge in [-0.25, -0.2) is 4.98 Å². The number of hydrogen-bond donors (Lipinski definition) is 0. The standard InChI is InChI=1S/C12H21NS/c1-6-7-8-10-13-9(2)11(14-10)12(3,4)5/h6-8H2,1-5H3. The highest BCUT2D eigenvalue weighted by Crippen LogP contribution is 2.31. The quantitative estimate of drug-likeness (QED) is 0.733. The lowest BCUT2D eigenvalue weighted by molar-refractivity contribution is 0.598. The summed E-state index contributed by atoms with van der Waals surface area (Å²) in [5, 5.41) is 1.31. The Balaban J connectivity index is 2.83. The molecule has 0 radical (unpaired) electrons. The van der Waals surface area contributed by atoms with E-state index >= 15 is 0 Å². The van der Waals surface area contributed by atoms with E-state index in [0.717, 1.165) is 6.42 Å². The van der Waals surface area contributed by atoms with Gasteiger partial charge in [-0.2, -0.15) is 0 Å². The number of hydrogen-bond acceptors (Lipinski definition) is 2. The molecule has 0 aliphatic heterocycles. The minimum atomic E-state index is 0.256. The van der Waals surface area contributed by atoms with Crippen LogP contribution >= 0.6 is 11.3 Å². The van der Waals surface area contributed by atoms with Gasteiger partial charge >= 0.3 is 0 Å². The van der Waals surface area contributed by atoms with Gasteiger partial charge in [0.25, 0.3) is 0 Å². The second kappa shape index (κ2) is 4.43. The first kappa shape index (κ1) is 11.7. The molecule has 80 valence electrons. The van der Waals surface area contributed by atoms with Crippen molar-refractivity contribution in [3.63, 3.8) is 0 Å². The molecule has 1 heterocycles. The zero-order chi connectivity index (χ0) is 10.8. The zero-order valence-corrected chi connectivity index (χ0v) is 10.8. The Labute approximate surface area is 91.6 Å². The smallest absolute Gasteiger partial charge is 0.0931 e. The zero-order valence-electron chi connectivity index (χ0n) is 9.98. The number of thiazole rings is 1. The molecule has 0 atom stereocenters. The fraction of sp³-hybridized carbons (Fsp3) is 0.750. The molecule has 0 fully saturated rings. The van der Waals surface area contributed by atoms with E-state index in [0.29, 0.717) is 0 Å². The van der Waals surface area contributed by atoms with Crippen molar-refractivity contribution in [1.82, 2.24) is 4.98 Å². The van der Waals surface area contributed by atoms with Gasteiger partial charge in [0.2, 0.25) is 0 Å². The molecule has 1 aromatic rings. The van der Waals surface area contributed by atoms with Crippen molar-refractivity contribution in [3.05, 3.63) is 15.6 Å². The molecule has 0 aliphatic carbocycles. The molecule has 1 nitrogen and oxygen atoms in total. The Kier molecular flexibility index (Phi) is 3.71. The van der Waals surface area contributed by atoms with Crippen molar-refractivity contribution in [2.24, 2.45) is 0 Å². The summed E-state index contributed by atoms with van der Waals surface area (Å²) in [5.74, 6) is 0. The number of nitrogens with zero attached hydrogens (tertiary/aromatic N) is 1. The molecule has 0 aliphatic rings. The van der Waals surface area contributed by atoms with Crippen molar-refractivity contribution in [1.29, 1.82) is 0 Å². The predicted octanol–water partition coefficient (Wildman–Crippen LogP) is 4.09. The lowest BCUT2D eigenvalue weighted by atomic mass is 9.93. The summed E-state index contributed by atoms with van der Waals surface area (Å²) in [4.78, 5) is 6.08. The van der Waals surface area contributed by atoms with Crippen LogP contribution in [0.4, 0.5) is 0 Å². The highest BCUT2D eigenvalue weighted by atomic mass is 32.1. The Morgan fingerprint density at radius 3 is 2.36 bits per heavy atom. The normalized spacial score (nSPS) is 12.1. The van der Waals surface area contributed by atoms with Gasteiger partial charge in [0.1, 0.15) is 0 Å². The second-order valence-electron chi connectivity index (χ2n) is 4.88. The van der Waals surface area contributed by atoms with Crippen LogP contribution in [-0.4, -0.2) is 4.98 Å². The van der Waals surface area contributed by atoms with Gasteiger partial charge in [-0.3, -0.25) is 0 Å². The van der Waals surface area contributed by atoms with Crippen molar-refractivity contribution in [2.45, 2.75) is 59.3 Å². The van der Waals surface area contributed by atoms with E-state index in [1.54, 1.807) is 0 Å². The Morgan fingerprint density at radius 1 is 1.29 bits per heavy atom.